The Hall–Kier alpha value is 0.0523. The van der Waals surface area contributed by atoms with Crippen LogP contribution in [0.15, 0.2) is 24.3 Å². The first-order valence-electron chi connectivity index (χ1n) is 7.86. The van der Waals surface area contributed by atoms with Crippen LogP contribution in [0, 0.1) is 0 Å². The van der Waals surface area contributed by atoms with Gasteiger partial charge in [-0.05, 0) is 0 Å². The van der Waals surface area contributed by atoms with Crippen LogP contribution in [0.25, 0.3) is 0 Å². The molecule has 1 rings (SSSR count). The summed E-state index contributed by atoms with van der Waals surface area (Å²) in [6.45, 7) is 12.0. The van der Waals surface area contributed by atoms with E-state index >= 15 is 0 Å². The Labute approximate surface area is 167 Å². The monoisotopic (exact) mass is 511 g/mol. The molecule has 0 heterocycles. The van der Waals surface area contributed by atoms with Gasteiger partial charge < -0.3 is 0 Å². The summed E-state index contributed by atoms with van der Waals surface area (Å²) in [5.74, 6) is -0.537. The molecule has 0 radical (unpaired) electrons. The van der Waals surface area contributed by atoms with Crippen LogP contribution in [0.3, 0.4) is 0 Å². The van der Waals surface area contributed by atoms with Gasteiger partial charge in [-0.1, -0.05) is 0 Å². The van der Waals surface area contributed by atoms with Gasteiger partial charge >= 0.3 is 168 Å². The summed E-state index contributed by atoms with van der Waals surface area (Å²) >= 11 is 9.75. The third kappa shape index (κ3) is 4.37. The Kier molecular flexibility index (Phi) is 6.92. The number of hydrogen-bond donors (Lipinski definition) is 0. The first-order valence-corrected chi connectivity index (χ1v) is 11.3. The van der Waals surface area contributed by atoms with Gasteiger partial charge in [-0.2, -0.15) is 0 Å². The van der Waals surface area contributed by atoms with Crippen LogP contribution in [0.5, 0.6) is 5.75 Å². The molecule has 155 valence electrons. The number of rotatable bonds is 4. The van der Waals surface area contributed by atoms with Crippen LogP contribution >= 0.6 is 18.9 Å². The van der Waals surface area contributed by atoms with Crippen molar-refractivity contribution >= 4 is 24.2 Å². The van der Waals surface area contributed by atoms with E-state index in [0.29, 0.717) is 5.30 Å². The summed E-state index contributed by atoms with van der Waals surface area (Å²) in [6.07, 6.45) is -11.1. The maximum atomic E-state index is 13.3. The third-order valence-electron chi connectivity index (χ3n) is 4.53. The predicted molar refractivity (Wildman–Crippen MR) is 95.2 cm³/mol. The van der Waals surface area contributed by atoms with Crippen molar-refractivity contribution in [1.29, 1.82) is 0 Å². The van der Waals surface area contributed by atoms with Crippen molar-refractivity contribution in [1.82, 2.24) is 0 Å². The van der Waals surface area contributed by atoms with E-state index < -0.39 is 28.9 Å². The van der Waals surface area contributed by atoms with Crippen molar-refractivity contribution in [3.8, 4) is 5.75 Å². The Morgan fingerprint density at radius 2 is 1.42 bits per heavy atom. The summed E-state index contributed by atoms with van der Waals surface area (Å²) in [6, 6.07) is 5.51. The molecular formula is C17H24ClF5OPPd. The van der Waals surface area contributed by atoms with Gasteiger partial charge in [0.25, 0.3) is 0 Å². The summed E-state index contributed by atoms with van der Waals surface area (Å²) < 4.78 is 67.6. The fourth-order valence-corrected chi connectivity index (χ4v) is 17.0. The minimum absolute atomic E-state index is 0.318. The van der Waals surface area contributed by atoms with Crippen LogP contribution in [-0.2, 0) is 19.2 Å². The van der Waals surface area contributed by atoms with E-state index in [1.54, 1.807) is 6.07 Å². The Morgan fingerprint density at radius 3 is 1.77 bits per heavy atom. The second-order valence-electron chi connectivity index (χ2n) is 8.22. The van der Waals surface area contributed by atoms with E-state index in [0.717, 1.165) is 6.07 Å². The van der Waals surface area contributed by atoms with Gasteiger partial charge in [0.2, 0.25) is 0 Å². The first kappa shape index (κ1) is 24.1. The fourth-order valence-electron chi connectivity index (χ4n) is 3.72. The number of benzene rings is 1. The topological polar surface area (TPSA) is 9.23 Å². The summed E-state index contributed by atoms with van der Waals surface area (Å²) in [7, 11) is -2.71. The Morgan fingerprint density at radius 1 is 0.962 bits per heavy atom. The minimum atomic E-state index is -5.79. The molecule has 0 aliphatic heterocycles. The quantitative estimate of drug-likeness (QED) is 0.200. The van der Waals surface area contributed by atoms with Gasteiger partial charge in [-0.25, -0.2) is 0 Å². The molecule has 0 spiro atoms. The second-order valence-corrected chi connectivity index (χ2v) is 17.0. The molecule has 0 amide bonds. The first-order chi connectivity index (χ1) is 11.4. The zero-order chi connectivity index (χ0) is 20.8. The molecule has 0 aromatic heterocycles. The molecule has 0 fully saturated rings. The number of halogens is 6. The average Bonchev–Trinajstić information content (AvgIpc) is 2.33. The predicted octanol–water partition coefficient (Wildman–Crippen LogP) is 6.26. The molecule has 0 saturated carbocycles. The molecule has 1 aromatic rings. The Balaban J connectivity index is 3.58. The Bertz CT molecular complexity index is 621. The fraction of sp³-hybridized carbons (Fsp3) is 0.647. The second kappa shape index (κ2) is 7.47. The van der Waals surface area contributed by atoms with Crippen LogP contribution in [0.2, 0.25) is 0 Å². The molecule has 0 N–H and O–H groups in total. The normalized spacial score (nSPS) is 16.4. The SMILES string of the molecule is CC(C)(C)[PH](c1cccc(OC(F)(F)C(F)(F)F)c1)([CH](Cl)[Pd])C(C)(C)C. The van der Waals surface area contributed by atoms with Gasteiger partial charge in [0.15, 0.2) is 0 Å². The van der Waals surface area contributed by atoms with E-state index in [-0.39, 0.29) is 10.3 Å². The van der Waals surface area contributed by atoms with E-state index in [2.05, 4.69) is 23.9 Å². The van der Waals surface area contributed by atoms with Gasteiger partial charge in [0, 0.05) is 0 Å². The van der Waals surface area contributed by atoms with E-state index in [1.165, 1.54) is 12.1 Å². The number of ether oxygens (including phenoxy) is 1. The number of alkyl halides is 6. The van der Waals surface area contributed by atoms with Gasteiger partial charge in [0.05, 0.1) is 0 Å². The maximum absolute atomic E-state index is 13.3. The van der Waals surface area contributed by atoms with Crippen molar-refractivity contribution in [3.63, 3.8) is 0 Å². The molecule has 1 aromatic carbocycles. The molecule has 1 nitrogen and oxygen atoms in total. The zero-order valence-corrected chi connectivity index (χ0v) is 18.7. The molecular weight excluding hydrogens is 488 g/mol. The molecule has 9 heteroatoms. The van der Waals surface area contributed by atoms with Crippen LogP contribution in [0.4, 0.5) is 22.0 Å². The van der Waals surface area contributed by atoms with E-state index in [9.17, 15) is 22.0 Å². The van der Waals surface area contributed by atoms with E-state index in [4.69, 9.17) is 11.6 Å². The van der Waals surface area contributed by atoms with Crippen molar-refractivity contribution in [2.24, 2.45) is 0 Å². The molecule has 0 aliphatic carbocycles. The molecule has 26 heavy (non-hydrogen) atoms. The molecule has 1 unspecified atom stereocenters. The van der Waals surface area contributed by atoms with Crippen molar-refractivity contribution in [2.45, 2.75) is 67.7 Å². The standard InChI is InChI=1S/C17H24ClF5OP.Pd/c1-14(2,3)25(11-18,15(4,5)6)13-9-7-8-12(10-13)24-17(22,23)16(19,20)21;/h7-11,25H,1-6H3;. The molecule has 1 atom stereocenters. The summed E-state index contributed by atoms with van der Waals surface area (Å²) in [4.78, 5) is 0. The van der Waals surface area contributed by atoms with Gasteiger partial charge in [0.1, 0.15) is 0 Å². The van der Waals surface area contributed by atoms with Crippen molar-refractivity contribution in [2.75, 3.05) is 0 Å². The van der Waals surface area contributed by atoms with Crippen molar-refractivity contribution < 1.29 is 45.9 Å². The van der Waals surface area contributed by atoms with Gasteiger partial charge in [-0.3, -0.25) is 0 Å². The molecule has 0 bridgehead atoms. The third-order valence-corrected chi connectivity index (χ3v) is 14.1. The zero-order valence-electron chi connectivity index (χ0n) is 15.4. The molecule has 0 saturated heterocycles. The van der Waals surface area contributed by atoms with Crippen LogP contribution < -0.4 is 10.0 Å². The van der Waals surface area contributed by atoms with Crippen LogP contribution in [0.1, 0.15) is 41.5 Å². The molecule has 0 aliphatic rings. The average molecular weight is 512 g/mol. The van der Waals surface area contributed by atoms with Gasteiger partial charge in [-0.15, -0.1) is 0 Å². The summed E-state index contributed by atoms with van der Waals surface area (Å²) in [5, 5.41) is 0.0174. The van der Waals surface area contributed by atoms with Crippen LogP contribution in [-0.4, -0.2) is 26.2 Å². The summed E-state index contributed by atoms with van der Waals surface area (Å²) in [5.41, 5.74) is 0. The van der Waals surface area contributed by atoms with Crippen molar-refractivity contribution in [3.05, 3.63) is 24.3 Å². The number of hydrogen-bond acceptors (Lipinski definition) is 1. The van der Waals surface area contributed by atoms with E-state index in [1.807, 2.05) is 41.5 Å².